The lowest BCUT2D eigenvalue weighted by molar-refractivity contribution is -0.274. The van der Waals surface area contributed by atoms with Gasteiger partial charge in [-0.25, -0.2) is 4.98 Å². The van der Waals surface area contributed by atoms with Crippen LogP contribution in [0.2, 0.25) is 0 Å². The predicted octanol–water partition coefficient (Wildman–Crippen LogP) is 5.01. The van der Waals surface area contributed by atoms with Crippen LogP contribution in [0.1, 0.15) is 11.4 Å². The molecule has 4 aromatic rings. The Morgan fingerprint density at radius 2 is 1.87 bits per heavy atom. The van der Waals surface area contributed by atoms with Gasteiger partial charge in [0.1, 0.15) is 10.4 Å². The van der Waals surface area contributed by atoms with Gasteiger partial charge in [0.25, 0.3) is 5.89 Å². The lowest BCUT2D eigenvalue weighted by Gasteiger charge is -2.08. The van der Waals surface area contributed by atoms with Crippen molar-refractivity contribution in [1.82, 2.24) is 24.9 Å². The molecule has 7 nitrogen and oxygen atoms in total. The van der Waals surface area contributed by atoms with E-state index in [9.17, 15) is 13.2 Å². The van der Waals surface area contributed by atoms with Crippen LogP contribution in [0.3, 0.4) is 0 Å². The molecule has 0 fully saturated rings. The monoisotopic (exact) mass is 479 g/mol. The highest BCUT2D eigenvalue weighted by atomic mass is 79.9. The second-order valence-corrected chi connectivity index (χ2v) is 7.09. The lowest BCUT2D eigenvalue weighted by atomic mass is 10.2. The SMILES string of the molecule is Cc1cc(-c2nc(-c3ccc(OC(F)(F)F)cc3)no2)nn1Cc1cccc(Br)n1. The van der Waals surface area contributed by atoms with Crippen molar-refractivity contribution in [1.29, 1.82) is 0 Å². The van der Waals surface area contributed by atoms with Gasteiger partial charge in [0, 0.05) is 11.3 Å². The van der Waals surface area contributed by atoms with Crippen molar-refractivity contribution in [2.24, 2.45) is 0 Å². The Morgan fingerprint density at radius 1 is 1.10 bits per heavy atom. The standard InChI is InChI=1S/C19H13BrF3N5O2/c1-11-9-15(26-28(11)10-13-3-2-4-16(20)24-13)18-25-17(27-30-18)12-5-7-14(8-6-12)29-19(21,22)23/h2-9H,10H2,1H3. The molecule has 0 unspecified atom stereocenters. The van der Waals surface area contributed by atoms with Gasteiger partial charge in [0.05, 0.1) is 12.2 Å². The smallest absolute Gasteiger partial charge is 0.406 e. The molecule has 0 saturated heterocycles. The number of rotatable bonds is 5. The summed E-state index contributed by atoms with van der Waals surface area (Å²) < 4.78 is 48.4. The molecule has 30 heavy (non-hydrogen) atoms. The molecule has 0 spiro atoms. The minimum absolute atomic E-state index is 0.199. The van der Waals surface area contributed by atoms with Crippen LogP contribution in [0.5, 0.6) is 5.75 Å². The zero-order chi connectivity index (χ0) is 21.3. The van der Waals surface area contributed by atoms with Crippen molar-refractivity contribution in [2.75, 3.05) is 0 Å². The second kappa shape index (κ2) is 7.90. The normalized spacial score (nSPS) is 11.6. The fourth-order valence-corrected chi connectivity index (χ4v) is 3.10. The highest BCUT2D eigenvalue weighted by molar-refractivity contribution is 9.10. The molecule has 3 aromatic heterocycles. The van der Waals surface area contributed by atoms with Crippen molar-refractivity contribution >= 4 is 15.9 Å². The van der Waals surface area contributed by atoms with Crippen LogP contribution in [0.4, 0.5) is 13.2 Å². The van der Waals surface area contributed by atoms with Gasteiger partial charge in [-0.1, -0.05) is 11.2 Å². The molecule has 0 N–H and O–H groups in total. The van der Waals surface area contributed by atoms with E-state index >= 15 is 0 Å². The van der Waals surface area contributed by atoms with Crippen molar-refractivity contribution in [3.05, 3.63) is 64.5 Å². The molecule has 154 valence electrons. The van der Waals surface area contributed by atoms with Gasteiger partial charge in [-0.05, 0) is 65.3 Å². The minimum atomic E-state index is -4.75. The summed E-state index contributed by atoms with van der Waals surface area (Å²) in [6.07, 6.45) is -4.75. The van der Waals surface area contributed by atoms with Gasteiger partial charge in [-0.15, -0.1) is 13.2 Å². The van der Waals surface area contributed by atoms with Gasteiger partial charge in [0.15, 0.2) is 5.69 Å². The molecule has 0 bridgehead atoms. The van der Waals surface area contributed by atoms with Gasteiger partial charge < -0.3 is 9.26 Å². The van der Waals surface area contributed by atoms with Crippen LogP contribution in [0.15, 0.2) is 57.7 Å². The molecule has 3 heterocycles. The third-order valence-electron chi connectivity index (χ3n) is 4.06. The molecule has 0 aliphatic carbocycles. The summed E-state index contributed by atoms with van der Waals surface area (Å²) in [6, 6.07) is 12.6. The predicted molar refractivity (Wildman–Crippen MR) is 103 cm³/mol. The number of aromatic nitrogens is 5. The first-order chi connectivity index (χ1) is 14.3. The molecule has 0 amide bonds. The number of alkyl halides is 3. The second-order valence-electron chi connectivity index (χ2n) is 6.28. The molecule has 4 rings (SSSR count). The Kier molecular flexibility index (Phi) is 5.29. The fraction of sp³-hybridized carbons (Fsp3) is 0.158. The van der Waals surface area contributed by atoms with Crippen molar-refractivity contribution in [2.45, 2.75) is 19.8 Å². The van der Waals surface area contributed by atoms with E-state index in [1.54, 1.807) is 10.7 Å². The number of aryl methyl sites for hydroxylation is 1. The zero-order valence-electron chi connectivity index (χ0n) is 15.4. The molecule has 0 aliphatic heterocycles. The van der Waals surface area contributed by atoms with E-state index in [-0.39, 0.29) is 17.5 Å². The summed E-state index contributed by atoms with van der Waals surface area (Å²) >= 11 is 3.34. The third kappa shape index (κ3) is 4.67. The third-order valence-corrected chi connectivity index (χ3v) is 4.50. The maximum absolute atomic E-state index is 12.3. The van der Waals surface area contributed by atoms with E-state index in [2.05, 4.69) is 40.9 Å². The Bertz CT molecular complexity index is 1170. The maximum atomic E-state index is 12.3. The number of hydrogen-bond acceptors (Lipinski definition) is 6. The average molecular weight is 480 g/mol. The van der Waals surface area contributed by atoms with Gasteiger partial charge in [-0.2, -0.15) is 10.1 Å². The molecule has 0 saturated carbocycles. The average Bonchev–Trinajstić information content (AvgIpc) is 3.29. The van der Waals surface area contributed by atoms with Crippen molar-refractivity contribution in [3.63, 3.8) is 0 Å². The number of pyridine rings is 1. The van der Waals surface area contributed by atoms with Crippen LogP contribution in [0.25, 0.3) is 23.0 Å². The van der Waals surface area contributed by atoms with E-state index in [1.165, 1.54) is 24.3 Å². The van der Waals surface area contributed by atoms with Crippen molar-refractivity contribution < 1.29 is 22.4 Å². The Morgan fingerprint density at radius 3 is 2.57 bits per heavy atom. The first kappa shape index (κ1) is 20.1. The number of ether oxygens (including phenoxy) is 1. The van der Waals surface area contributed by atoms with E-state index in [4.69, 9.17) is 4.52 Å². The Balaban J connectivity index is 1.53. The summed E-state index contributed by atoms with van der Waals surface area (Å²) in [5.41, 5.74) is 2.67. The van der Waals surface area contributed by atoms with Crippen molar-refractivity contribution in [3.8, 4) is 28.7 Å². The first-order valence-corrected chi connectivity index (χ1v) is 9.42. The highest BCUT2D eigenvalue weighted by Gasteiger charge is 2.31. The van der Waals surface area contributed by atoms with Crippen LogP contribution < -0.4 is 4.74 Å². The molecule has 0 atom stereocenters. The molecule has 11 heteroatoms. The Labute approximate surface area is 176 Å². The molecular weight excluding hydrogens is 467 g/mol. The molecule has 0 aliphatic rings. The number of hydrogen-bond donors (Lipinski definition) is 0. The lowest BCUT2D eigenvalue weighted by Crippen LogP contribution is -2.16. The fourth-order valence-electron chi connectivity index (χ4n) is 2.72. The topological polar surface area (TPSA) is 78.9 Å². The van der Waals surface area contributed by atoms with Crippen LogP contribution in [0, 0.1) is 6.92 Å². The quantitative estimate of drug-likeness (QED) is 0.374. The summed E-state index contributed by atoms with van der Waals surface area (Å²) in [6.45, 7) is 2.36. The summed E-state index contributed by atoms with van der Waals surface area (Å²) in [7, 11) is 0. The van der Waals surface area contributed by atoms with E-state index in [1.807, 2.05) is 25.1 Å². The Hall–Kier alpha value is -3.21. The van der Waals surface area contributed by atoms with Crippen LogP contribution >= 0.6 is 15.9 Å². The number of nitrogens with zero attached hydrogens (tertiary/aromatic N) is 5. The van der Waals surface area contributed by atoms with Gasteiger partial charge >= 0.3 is 6.36 Å². The van der Waals surface area contributed by atoms with E-state index in [0.29, 0.717) is 17.8 Å². The van der Waals surface area contributed by atoms with Gasteiger partial charge in [0.2, 0.25) is 5.82 Å². The van der Waals surface area contributed by atoms with Crippen LogP contribution in [-0.2, 0) is 6.54 Å². The summed E-state index contributed by atoms with van der Waals surface area (Å²) in [5.74, 6) is 0.0968. The van der Waals surface area contributed by atoms with E-state index in [0.717, 1.165) is 16.0 Å². The zero-order valence-corrected chi connectivity index (χ0v) is 17.0. The molecule has 1 aromatic carbocycles. The van der Waals surface area contributed by atoms with E-state index < -0.39 is 6.36 Å². The molecule has 0 radical (unpaired) electrons. The van der Waals surface area contributed by atoms with Crippen LogP contribution in [-0.4, -0.2) is 31.3 Å². The molecular formula is C19H13BrF3N5O2. The summed E-state index contributed by atoms with van der Waals surface area (Å²) in [5, 5.41) is 8.37. The van der Waals surface area contributed by atoms with Gasteiger partial charge in [-0.3, -0.25) is 4.68 Å². The summed E-state index contributed by atoms with van der Waals surface area (Å²) in [4.78, 5) is 8.68. The highest BCUT2D eigenvalue weighted by Crippen LogP contribution is 2.27. The minimum Gasteiger partial charge on any atom is -0.406 e. The number of benzene rings is 1. The number of halogens is 4. The first-order valence-electron chi connectivity index (χ1n) is 8.63. The largest absolute Gasteiger partial charge is 0.573 e. The maximum Gasteiger partial charge on any atom is 0.573 e.